The Balaban J connectivity index is 2.01. The number of carbonyl (C=O) groups excluding carboxylic acids is 4. The fourth-order valence-electron chi connectivity index (χ4n) is 3.31. The minimum Gasteiger partial charge on any atom is -0.292 e. The van der Waals surface area contributed by atoms with E-state index in [2.05, 4.69) is 0 Å². The van der Waals surface area contributed by atoms with Crippen LogP contribution in [0, 0.1) is 16.7 Å². The molecular weight excluding hydrogens is 294 g/mol. The summed E-state index contributed by atoms with van der Waals surface area (Å²) in [5, 5.41) is 8.94. The third-order valence-corrected chi connectivity index (χ3v) is 4.42. The Morgan fingerprint density at radius 2 is 1.17 bits per heavy atom. The van der Waals surface area contributed by atoms with E-state index < -0.39 is 28.5 Å². The minimum absolute atomic E-state index is 0.0171. The molecule has 0 radical (unpaired) electrons. The number of carbonyl (C=O) groups is 4. The fourth-order valence-corrected chi connectivity index (χ4v) is 3.31. The zero-order chi connectivity index (χ0) is 16.4. The second kappa shape index (κ2) is 4.08. The fraction of sp³-hybridized carbons (Fsp3) is 0.0556. The summed E-state index contributed by atoms with van der Waals surface area (Å²) in [6.45, 7) is 0. The van der Waals surface area contributed by atoms with Crippen molar-refractivity contribution in [3.8, 4) is 6.07 Å². The average molecular weight is 301 g/mol. The molecule has 2 aliphatic rings. The van der Waals surface area contributed by atoms with E-state index >= 15 is 0 Å². The highest BCUT2D eigenvalue weighted by Gasteiger charge is 2.67. The molecule has 5 heteroatoms. The second-order valence-electron chi connectivity index (χ2n) is 5.48. The van der Waals surface area contributed by atoms with Gasteiger partial charge in [0.05, 0.1) is 11.6 Å². The van der Waals surface area contributed by atoms with Gasteiger partial charge in [-0.25, -0.2) is 0 Å². The van der Waals surface area contributed by atoms with E-state index in [1.165, 1.54) is 30.3 Å². The molecule has 0 N–H and O–H groups in total. The third kappa shape index (κ3) is 1.31. The Bertz CT molecular complexity index is 975. The molecule has 2 aromatic rings. The van der Waals surface area contributed by atoms with Crippen LogP contribution in [-0.4, -0.2) is 23.1 Å². The third-order valence-electron chi connectivity index (χ3n) is 4.42. The number of nitrogens with zero attached hydrogens (tertiary/aromatic N) is 1. The van der Waals surface area contributed by atoms with Crippen molar-refractivity contribution >= 4 is 23.1 Å². The van der Waals surface area contributed by atoms with Crippen molar-refractivity contribution in [3.63, 3.8) is 0 Å². The molecule has 0 saturated heterocycles. The summed E-state index contributed by atoms with van der Waals surface area (Å²) in [5.74, 6) is -3.18. The molecular formula is C18H7NO4. The molecule has 0 saturated carbocycles. The lowest BCUT2D eigenvalue weighted by Gasteiger charge is -2.14. The molecule has 23 heavy (non-hydrogen) atoms. The number of benzene rings is 2. The number of ketones is 4. The summed E-state index contributed by atoms with van der Waals surface area (Å²) < 4.78 is 0. The van der Waals surface area contributed by atoms with Gasteiger partial charge >= 0.3 is 0 Å². The van der Waals surface area contributed by atoms with E-state index in [1.807, 2.05) is 6.07 Å². The molecule has 0 unspecified atom stereocenters. The molecule has 0 heterocycles. The van der Waals surface area contributed by atoms with Crippen LogP contribution in [0.2, 0.25) is 0 Å². The second-order valence-corrected chi connectivity index (χ2v) is 5.48. The lowest BCUT2D eigenvalue weighted by molar-refractivity contribution is 0.0587. The monoisotopic (exact) mass is 301 g/mol. The topological polar surface area (TPSA) is 92.1 Å². The van der Waals surface area contributed by atoms with Gasteiger partial charge in [-0.3, -0.25) is 19.2 Å². The lowest BCUT2D eigenvalue weighted by Crippen LogP contribution is -2.44. The molecule has 4 rings (SSSR count). The normalized spacial score (nSPS) is 17.3. The SMILES string of the molecule is N#Cc1ccc2c(c1)C(=O)C1(C(=O)c3ccccc3C1=O)C2=O. The maximum atomic E-state index is 12.8. The van der Waals surface area contributed by atoms with Gasteiger partial charge < -0.3 is 0 Å². The van der Waals surface area contributed by atoms with Gasteiger partial charge in [0.1, 0.15) is 0 Å². The number of hydrogen-bond acceptors (Lipinski definition) is 5. The average Bonchev–Trinajstić information content (AvgIpc) is 2.95. The molecule has 5 nitrogen and oxygen atoms in total. The van der Waals surface area contributed by atoms with Crippen molar-refractivity contribution in [2.45, 2.75) is 0 Å². The highest BCUT2D eigenvalue weighted by molar-refractivity contribution is 6.56. The molecule has 0 amide bonds. The van der Waals surface area contributed by atoms with E-state index in [0.29, 0.717) is 0 Å². The summed E-state index contributed by atoms with van der Waals surface area (Å²) in [6.07, 6.45) is 0. The standard InChI is InChI=1S/C18H7NO4/c19-8-9-5-6-12-13(7-9)17(23)18(16(12)22)14(20)10-3-1-2-4-11(10)15(18)21/h1-7H. The summed E-state index contributed by atoms with van der Waals surface area (Å²) in [7, 11) is 0. The van der Waals surface area contributed by atoms with E-state index in [-0.39, 0.29) is 27.8 Å². The van der Waals surface area contributed by atoms with Gasteiger partial charge in [0.25, 0.3) is 0 Å². The van der Waals surface area contributed by atoms with Gasteiger partial charge in [-0.05, 0) is 18.2 Å². The van der Waals surface area contributed by atoms with Gasteiger partial charge in [-0.1, -0.05) is 24.3 Å². The quantitative estimate of drug-likeness (QED) is 0.694. The minimum atomic E-state index is -2.33. The molecule has 0 aromatic heterocycles. The first-order valence-corrected chi connectivity index (χ1v) is 6.86. The number of Topliss-reactive ketones (excluding diaryl/α,β-unsaturated/α-hetero) is 4. The van der Waals surface area contributed by atoms with Crippen molar-refractivity contribution < 1.29 is 19.2 Å². The van der Waals surface area contributed by atoms with Crippen LogP contribution in [0.15, 0.2) is 42.5 Å². The van der Waals surface area contributed by atoms with Crippen molar-refractivity contribution in [2.75, 3.05) is 0 Å². The van der Waals surface area contributed by atoms with E-state index in [1.54, 1.807) is 12.1 Å². The molecule has 0 bridgehead atoms. The zero-order valence-corrected chi connectivity index (χ0v) is 11.6. The first kappa shape index (κ1) is 13.3. The first-order valence-electron chi connectivity index (χ1n) is 6.86. The van der Waals surface area contributed by atoms with Crippen LogP contribution in [-0.2, 0) is 0 Å². The Hall–Kier alpha value is -3.39. The molecule has 0 atom stereocenters. The number of fused-ring (bicyclic) bond motifs is 2. The highest BCUT2D eigenvalue weighted by atomic mass is 16.2. The van der Waals surface area contributed by atoms with Crippen LogP contribution >= 0.6 is 0 Å². The van der Waals surface area contributed by atoms with Gasteiger partial charge in [-0.15, -0.1) is 0 Å². The van der Waals surface area contributed by atoms with Gasteiger partial charge in [-0.2, -0.15) is 5.26 Å². The highest BCUT2D eigenvalue weighted by Crippen LogP contribution is 2.46. The lowest BCUT2D eigenvalue weighted by atomic mass is 9.78. The number of hydrogen-bond donors (Lipinski definition) is 0. The number of rotatable bonds is 0. The molecule has 0 aliphatic heterocycles. The first-order chi connectivity index (χ1) is 11.0. The Kier molecular flexibility index (Phi) is 2.36. The summed E-state index contributed by atoms with van der Waals surface area (Å²) >= 11 is 0. The molecule has 0 fully saturated rings. The Morgan fingerprint density at radius 1 is 0.696 bits per heavy atom. The summed E-state index contributed by atoms with van der Waals surface area (Å²) in [4.78, 5) is 51.1. The Labute approximate surface area is 130 Å². The largest absolute Gasteiger partial charge is 0.292 e. The number of nitriles is 1. The van der Waals surface area contributed by atoms with E-state index in [9.17, 15) is 19.2 Å². The van der Waals surface area contributed by atoms with Gasteiger partial charge in [0.2, 0.25) is 5.41 Å². The summed E-state index contributed by atoms with van der Waals surface area (Å²) in [5.41, 5.74) is -1.98. The smallest absolute Gasteiger partial charge is 0.221 e. The molecule has 2 aliphatic carbocycles. The van der Waals surface area contributed by atoms with Crippen LogP contribution in [0.25, 0.3) is 0 Å². The van der Waals surface area contributed by atoms with Crippen molar-refractivity contribution in [3.05, 3.63) is 70.3 Å². The Morgan fingerprint density at radius 3 is 1.70 bits per heavy atom. The van der Waals surface area contributed by atoms with Crippen LogP contribution in [0.1, 0.15) is 47.0 Å². The maximum Gasteiger partial charge on any atom is 0.221 e. The predicted octanol–water partition coefficient (Wildman–Crippen LogP) is 2.00. The molecule has 108 valence electrons. The van der Waals surface area contributed by atoms with E-state index in [4.69, 9.17) is 5.26 Å². The van der Waals surface area contributed by atoms with Crippen molar-refractivity contribution in [1.29, 1.82) is 5.26 Å². The zero-order valence-electron chi connectivity index (χ0n) is 11.6. The van der Waals surface area contributed by atoms with Gasteiger partial charge in [0, 0.05) is 22.3 Å². The molecule has 1 spiro atoms. The predicted molar refractivity (Wildman–Crippen MR) is 77.4 cm³/mol. The molecule has 2 aromatic carbocycles. The van der Waals surface area contributed by atoms with Crippen LogP contribution in [0.4, 0.5) is 0 Å². The van der Waals surface area contributed by atoms with Crippen LogP contribution in [0.5, 0.6) is 0 Å². The van der Waals surface area contributed by atoms with Gasteiger partial charge in [0.15, 0.2) is 23.1 Å². The van der Waals surface area contributed by atoms with Crippen LogP contribution < -0.4 is 0 Å². The van der Waals surface area contributed by atoms with E-state index in [0.717, 1.165) is 0 Å². The maximum absolute atomic E-state index is 12.8. The summed E-state index contributed by atoms with van der Waals surface area (Å²) in [6, 6.07) is 11.9. The van der Waals surface area contributed by atoms with Crippen molar-refractivity contribution in [1.82, 2.24) is 0 Å². The van der Waals surface area contributed by atoms with Crippen molar-refractivity contribution in [2.24, 2.45) is 5.41 Å². The van der Waals surface area contributed by atoms with Crippen LogP contribution in [0.3, 0.4) is 0 Å².